The van der Waals surface area contributed by atoms with Crippen LogP contribution in [0.4, 0.5) is 0 Å². The first-order chi connectivity index (χ1) is 9.88. The predicted molar refractivity (Wildman–Crippen MR) is 82.0 cm³/mol. The van der Waals surface area contributed by atoms with Crippen LogP contribution in [0.1, 0.15) is 29.6 Å². The summed E-state index contributed by atoms with van der Waals surface area (Å²) in [6.45, 7) is 0.994. The number of hydrogen-bond acceptors (Lipinski definition) is 4. The Labute approximate surface area is 132 Å². The Morgan fingerprint density at radius 1 is 1.33 bits per heavy atom. The number of carboxylic acid groups (broad SMARTS) is 1. The molecular weight excluding hydrogens is 362 g/mol. The van der Waals surface area contributed by atoms with E-state index in [-0.39, 0.29) is 14.9 Å². The molecule has 0 amide bonds. The topological polar surface area (TPSA) is 92.7 Å². The second-order valence-electron chi connectivity index (χ2n) is 4.40. The number of carboxylic acids is 1. The molecule has 0 heterocycles. The van der Waals surface area contributed by atoms with Crippen molar-refractivity contribution in [2.75, 3.05) is 20.3 Å². The minimum absolute atomic E-state index is 0.0281. The number of methoxy groups -OCH3 is 1. The Bertz CT molecular complexity index is 588. The van der Waals surface area contributed by atoms with Gasteiger partial charge in [-0.05, 0) is 53.4 Å². The fourth-order valence-corrected chi connectivity index (χ4v) is 3.83. The van der Waals surface area contributed by atoms with Crippen molar-refractivity contribution in [1.82, 2.24) is 4.72 Å². The number of carbonyl (C=O) groups is 1. The molecule has 21 heavy (non-hydrogen) atoms. The van der Waals surface area contributed by atoms with Gasteiger partial charge in [-0.15, -0.1) is 0 Å². The van der Waals surface area contributed by atoms with Crippen molar-refractivity contribution < 1.29 is 23.1 Å². The van der Waals surface area contributed by atoms with Gasteiger partial charge >= 0.3 is 5.97 Å². The maximum atomic E-state index is 12.1. The van der Waals surface area contributed by atoms with Crippen LogP contribution in [0.25, 0.3) is 0 Å². The standard InChI is InChI=1S/C13H18BrNO5S/c1-20-8-4-2-3-7-15-21(18,19)12-6-5-10(13(16)17)9-11(12)14/h5-6,9,15H,2-4,7-8H2,1H3,(H,16,17). The molecule has 0 aliphatic carbocycles. The maximum absolute atomic E-state index is 12.1. The van der Waals surface area contributed by atoms with Crippen molar-refractivity contribution >= 4 is 31.9 Å². The quantitative estimate of drug-likeness (QED) is 0.641. The molecule has 2 N–H and O–H groups in total. The SMILES string of the molecule is COCCCCCNS(=O)(=O)c1ccc(C(=O)O)cc1Br. The van der Waals surface area contributed by atoms with E-state index in [0.717, 1.165) is 12.8 Å². The van der Waals surface area contributed by atoms with Gasteiger partial charge < -0.3 is 9.84 Å². The largest absolute Gasteiger partial charge is 0.478 e. The van der Waals surface area contributed by atoms with Crippen molar-refractivity contribution in [1.29, 1.82) is 0 Å². The van der Waals surface area contributed by atoms with Crippen LogP contribution in [0, 0.1) is 0 Å². The third-order valence-corrected chi connectivity index (χ3v) is 5.22. The summed E-state index contributed by atoms with van der Waals surface area (Å²) in [5, 5.41) is 8.85. The summed E-state index contributed by atoms with van der Waals surface area (Å²) >= 11 is 3.10. The smallest absolute Gasteiger partial charge is 0.335 e. The highest BCUT2D eigenvalue weighted by atomic mass is 79.9. The lowest BCUT2D eigenvalue weighted by molar-refractivity contribution is 0.0696. The minimum Gasteiger partial charge on any atom is -0.478 e. The molecule has 118 valence electrons. The summed E-state index contributed by atoms with van der Waals surface area (Å²) < 4.78 is 31.9. The van der Waals surface area contributed by atoms with Crippen LogP contribution in [0.3, 0.4) is 0 Å². The number of halogens is 1. The molecule has 1 rings (SSSR count). The van der Waals surface area contributed by atoms with E-state index in [1.807, 2.05) is 0 Å². The van der Waals surface area contributed by atoms with Crippen molar-refractivity contribution in [3.8, 4) is 0 Å². The van der Waals surface area contributed by atoms with Gasteiger partial charge in [0.25, 0.3) is 0 Å². The predicted octanol–water partition coefficient (Wildman–Crippen LogP) is 2.24. The van der Waals surface area contributed by atoms with Crippen LogP contribution in [0.5, 0.6) is 0 Å². The summed E-state index contributed by atoms with van der Waals surface area (Å²) in [6.07, 6.45) is 2.47. The zero-order valence-electron chi connectivity index (χ0n) is 11.6. The van der Waals surface area contributed by atoms with E-state index in [1.54, 1.807) is 7.11 Å². The molecule has 0 radical (unpaired) electrons. The first kappa shape index (κ1) is 18.1. The molecular formula is C13H18BrNO5S. The molecule has 1 aromatic carbocycles. The lowest BCUT2D eigenvalue weighted by atomic mass is 10.2. The van der Waals surface area contributed by atoms with Gasteiger partial charge in [0.15, 0.2) is 0 Å². The normalized spacial score (nSPS) is 11.5. The maximum Gasteiger partial charge on any atom is 0.335 e. The lowest BCUT2D eigenvalue weighted by Gasteiger charge is -2.09. The number of benzene rings is 1. The van der Waals surface area contributed by atoms with E-state index < -0.39 is 16.0 Å². The first-order valence-electron chi connectivity index (χ1n) is 6.40. The highest BCUT2D eigenvalue weighted by molar-refractivity contribution is 9.10. The molecule has 0 spiro atoms. The minimum atomic E-state index is -3.65. The van der Waals surface area contributed by atoms with Gasteiger partial charge in [-0.25, -0.2) is 17.9 Å². The summed E-state index contributed by atoms with van der Waals surface area (Å²) in [5.41, 5.74) is 0.0281. The number of sulfonamides is 1. The van der Waals surface area contributed by atoms with Crippen LogP contribution < -0.4 is 4.72 Å². The van der Waals surface area contributed by atoms with Gasteiger partial charge in [-0.2, -0.15) is 0 Å². The number of rotatable bonds is 9. The molecule has 0 aliphatic rings. The second kappa shape index (κ2) is 8.47. The summed E-state index contributed by atoms with van der Waals surface area (Å²) in [6, 6.07) is 3.82. The highest BCUT2D eigenvalue weighted by Gasteiger charge is 2.18. The van der Waals surface area contributed by atoms with Gasteiger partial charge in [-0.3, -0.25) is 0 Å². The van der Waals surface area contributed by atoms with Crippen LogP contribution in [-0.4, -0.2) is 39.8 Å². The van der Waals surface area contributed by atoms with Crippen LogP contribution in [-0.2, 0) is 14.8 Å². The van der Waals surface area contributed by atoms with Gasteiger partial charge in [0.05, 0.1) is 10.5 Å². The summed E-state index contributed by atoms with van der Waals surface area (Å²) in [5.74, 6) is -1.11. The molecule has 8 heteroatoms. The monoisotopic (exact) mass is 379 g/mol. The van der Waals surface area contributed by atoms with E-state index >= 15 is 0 Å². The van der Waals surface area contributed by atoms with Crippen LogP contribution in [0.2, 0.25) is 0 Å². The Balaban J connectivity index is 2.64. The molecule has 0 bridgehead atoms. The number of aromatic carboxylic acids is 1. The Kier molecular flexibility index (Phi) is 7.30. The molecule has 0 unspecified atom stereocenters. The first-order valence-corrected chi connectivity index (χ1v) is 8.67. The Hall–Kier alpha value is -0.960. The highest BCUT2D eigenvalue weighted by Crippen LogP contribution is 2.23. The third kappa shape index (κ3) is 5.74. The lowest BCUT2D eigenvalue weighted by Crippen LogP contribution is -2.25. The summed E-state index contributed by atoms with van der Waals surface area (Å²) in [7, 11) is -2.02. The average Bonchev–Trinajstić information content (AvgIpc) is 2.42. The van der Waals surface area contributed by atoms with Gasteiger partial charge in [-0.1, -0.05) is 0 Å². The van der Waals surface area contributed by atoms with E-state index in [9.17, 15) is 13.2 Å². The second-order valence-corrected chi connectivity index (χ2v) is 6.99. The zero-order valence-corrected chi connectivity index (χ0v) is 14.0. The molecule has 6 nitrogen and oxygen atoms in total. The zero-order chi connectivity index (χ0) is 15.9. The fourth-order valence-electron chi connectivity index (χ4n) is 1.68. The fraction of sp³-hybridized carbons (Fsp3) is 0.462. The molecule has 0 aromatic heterocycles. The van der Waals surface area contributed by atoms with Crippen LogP contribution >= 0.6 is 15.9 Å². The Morgan fingerprint density at radius 2 is 2.05 bits per heavy atom. The van der Waals surface area contributed by atoms with E-state index in [2.05, 4.69) is 20.7 Å². The molecule has 0 atom stereocenters. The molecule has 1 aromatic rings. The third-order valence-electron chi connectivity index (χ3n) is 2.79. The summed E-state index contributed by atoms with van der Waals surface area (Å²) in [4.78, 5) is 10.8. The molecule has 0 saturated carbocycles. The van der Waals surface area contributed by atoms with Gasteiger partial charge in [0, 0.05) is 24.7 Å². The number of nitrogens with one attached hydrogen (secondary N) is 1. The van der Waals surface area contributed by atoms with Crippen LogP contribution in [0.15, 0.2) is 27.6 Å². The number of ether oxygens (including phenoxy) is 1. The molecule has 0 fully saturated rings. The van der Waals surface area contributed by atoms with E-state index in [1.165, 1.54) is 18.2 Å². The number of unbranched alkanes of at least 4 members (excludes halogenated alkanes) is 2. The van der Waals surface area contributed by atoms with Crippen molar-refractivity contribution in [3.05, 3.63) is 28.2 Å². The van der Waals surface area contributed by atoms with Gasteiger partial charge in [0.1, 0.15) is 0 Å². The van der Waals surface area contributed by atoms with Crippen molar-refractivity contribution in [3.63, 3.8) is 0 Å². The van der Waals surface area contributed by atoms with Gasteiger partial charge in [0.2, 0.25) is 10.0 Å². The average molecular weight is 380 g/mol. The number of hydrogen-bond donors (Lipinski definition) is 2. The van der Waals surface area contributed by atoms with E-state index in [0.29, 0.717) is 19.6 Å². The Morgan fingerprint density at radius 3 is 2.62 bits per heavy atom. The molecule has 0 saturated heterocycles. The van der Waals surface area contributed by atoms with E-state index in [4.69, 9.17) is 9.84 Å². The molecule has 0 aliphatic heterocycles. The van der Waals surface area contributed by atoms with Crippen molar-refractivity contribution in [2.45, 2.75) is 24.2 Å². The van der Waals surface area contributed by atoms with Crippen molar-refractivity contribution in [2.24, 2.45) is 0 Å².